The first-order chi connectivity index (χ1) is 9.63. The molecule has 3 rings (SSSR count). The molecule has 0 fully saturated rings. The van der Waals surface area contributed by atoms with Crippen LogP contribution in [0.1, 0.15) is 11.1 Å². The van der Waals surface area contributed by atoms with Crippen molar-refractivity contribution in [2.45, 2.75) is 13.5 Å². The van der Waals surface area contributed by atoms with Gasteiger partial charge in [-0.3, -0.25) is 0 Å². The molecule has 0 atom stereocenters. The van der Waals surface area contributed by atoms with Crippen LogP contribution in [0.15, 0.2) is 34.9 Å². The molecule has 2 heterocycles. The van der Waals surface area contributed by atoms with Gasteiger partial charge in [-0.05, 0) is 52.2 Å². The van der Waals surface area contributed by atoms with Gasteiger partial charge in [0.15, 0.2) is 11.5 Å². The number of anilines is 1. The summed E-state index contributed by atoms with van der Waals surface area (Å²) < 4.78 is 11.7. The van der Waals surface area contributed by atoms with Crippen molar-refractivity contribution in [3.63, 3.8) is 0 Å². The van der Waals surface area contributed by atoms with Crippen molar-refractivity contribution in [2.24, 2.45) is 0 Å². The van der Waals surface area contributed by atoms with Gasteiger partial charge in [-0.15, -0.1) is 0 Å². The largest absolute Gasteiger partial charge is 0.454 e. The van der Waals surface area contributed by atoms with Gasteiger partial charge in [-0.25, -0.2) is 4.98 Å². The Morgan fingerprint density at radius 2 is 2.05 bits per heavy atom. The molecule has 2 aromatic rings. The van der Waals surface area contributed by atoms with E-state index in [9.17, 15) is 0 Å². The van der Waals surface area contributed by atoms with Gasteiger partial charge in [0.2, 0.25) is 6.79 Å². The summed E-state index contributed by atoms with van der Waals surface area (Å²) >= 11 is 3.43. The minimum atomic E-state index is 0.308. The molecular formula is C15H15BrN2O2. The number of nitrogens with zero attached hydrogens (tertiary/aromatic N) is 2. The van der Waals surface area contributed by atoms with Crippen LogP contribution in [0.2, 0.25) is 0 Å². The van der Waals surface area contributed by atoms with E-state index in [2.05, 4.69) is 44.9 Å². The van der Waals surface area contributed by atoms with Crippen molar-refractivity contribution in [2.75, 3.05) is 18.7 Å². The lowest BCUT2D eigenvalue weighted by molar-refractivity contribution is 0.174. The molecular weight excluding hydrogens is 320 g/mol. The summed E-state index contributed by atoms with van der Waals surface area (Å²) in [5.74, 6) is 2.61. The Kier molecular flexibility index (Phi) is 3.53. The maximum atomic E-state index is 5.40. The lowest BCUT2D eigenvalue weighted by Crippen LogP contribution is -2.18. The highest BCUT2D eigenvalue weighted by molar-refractivity contribution is 9.10. The minimum Gasteiger partial charge on any atom is -0.454 e. The number of aromatic nitrogens is 1. The van der Waals surface area contributed by atoms with Crippen LogP contribution >= 0.6 is 15.9 Å². The van der Waals surface area contributed by atoms with E-state index in [1.54, 1.807) is 0 Å². The van der Waals surface area contributed by atoms with E-state index in [4.69, 9.17) is 9.47 Å². The lowest BCUT2D eigenvalue weighted by atomic mass is 10.2. The van der Waals surface area contributed by atoms with Crippen molar-refractivity contribution >= 4 is 21.7 Å². The molecule has 0 amide bonds. The van der Waals surface area contributed by atoms with E-state index in [-0.39, 0.29) is 0 Å². The van der Waals surface area contributed by atoms with Crippen molar-refractivity contribution in [1.29, 1.82) is 0 Å². The third-order valence-electron chi connectivity index (χ3n) is 3.24. The SMILES string of the molecule is Cc1cc(Br)cnc1N(C)Cc1ccc2c(c1)OCO2. The second-order valence-electron chi connectivity index (χ2n) is 4.84. The van der Waals surface area contributed by atoms with E-state index in [0.29, 0.717) is 6.79 Å². The molecule has 0 aliphatic carbocycles. The van der Waals surface area contributed by atoms with Gasteiger partial charge in [-0.1, -0.05) is 6.07 Å². The first-order valence-corrected chi connectivity index (χ1v) is 7.14. The summed E-state index contributed by atoms with van der Waals surface area (Å²) in [5.41, 5.74) is 2.31. The second-order valence-corrected chi connectivity index (χ2v) is 5.75. The molecule has 20 heavy (non-hydrogen) atoms. The first-order valence-electron chi connectivity index (χ1n) is 6.35. The van der Waals surface area contributed by atoms with E-state index in [1.807, 2.05) is 25.4 Å². The molecule has 0 saturated carbocycles. The molecule has 1 aromatic carbocycles. The predicted octanol–water partition coefficient (Wildman–Crippen LogP) is 3.52. The summed E-state index contributed by atoms with van der Waals surface area (Å²) in [7, 11) is 2.04. The van der Waals surface area contributed by atoms with Gasteiger partial charge in [0.05, 0.1) is 0 Å². The molecule has 104 valence electrons. The molecule has 0 radical (unpaired) electrons. The van der Waals surface area contributed by atoms with Gasteiger partial charge < -0.3 is 14.4 Å². The molecule has 1 aliphatic rings. The molecule has 0 N–H and O–H groups in total. The van der Waals surface area contributed by atoms with Gasteiger partial charge in [-0.2, -0.15) is 0 Å². The summed E-state index contributed by atoms with van der Waals surface area (Å²) in [5, 5.41) is 0. The predicted molar refractivity (Wildman–Crippen MR) is 81.3 cm³/mol. The molecule has 0 unspecified atom stereocenters. The van der Waals surface area contributed by atoms with Crippen molar-refractivity contribution in [3.8, 4) is 11.5 Å². The number of fused-ring (bicyclic) bond motifs is 1. The highest BCUT2D eigenvalue weighted by Crippen LogP contribution is 2.33. The van der Waals surface area contributed by atoms with Gasteiger partial charge in [0.25, 0.3) is 0 Å². The maximum Gasteiger partial charge on any atom is 0.231 e. The smallest absolute Gasteiger partial charge is 0.231 e. The molecule has 0 spiro atoms. The third-order valence-corrected chi connectivity index (χ3v) is 3.67. The topological polar surface area (TPSA) is 34.6 Å². The Morgan fingerprint density at radius 1 is 1.25 bits per heavy atom. The zero-order valence-corrected chi connectivity index (χ0v) is 13.0. The fraction of sp³-hybridized carbons (Fsp3) is 0.267. The number of rotatable bonds is 3. The zero-order valence-electron chi connectivity index (χ0n) is 11.4. The number of hydrogen-bond donors (Lipinski definition) is 0. The third kappa shape index (κ3) is 2.58. The average molecular weight is 335 g/mol. The van der Waals surface area contributed by atoms with Crippen LogP contribution in [-0.4, -0.2) is 18.8 Å². The number of halogens is 1. The van der Waals surface area contributed by atoms with Crippen LogP contribution in [0, 0.1) is 6.92 Å². The Bertz CT molecular complexity index is 646. The molecule has 5 heteroatoms. The molecule has 0 saturated heterocycles. The zero-order chi connectivity index (χ0) is 14.1. The van der Waals surface area contributed by atoms with Crippen LogP contribution < -0.4 is 14.4 Å². The molecule has 1 aromatic heterocycles. The van der Waals surface area contributed by atoms with E-state index in [0.717, 1.165) is 33.9 Å². The molecule has 1 aliphatic heterocycles. The normalized spacial score (nSPS) is 12.6. The average Bonchev–Trinajstić information content (AvgIpc) is 2.85. The summed E-state index contributed by atoms with van der Waals surface area (Å²) in [4.78, 5) is 6.59. The van der Waals surface area contributed by atoms with Gasteiger partial charge in [0.1, 0.15) is 5.82 Å². The van der Waals surface area contributed by atoms with E-state index >= 15 is 0 Å². The monoisotopic (exact) mass is 334 g/mol. The summed E-state index contributed by atoms with van der Waals surface area (Å²) in [6.45, 7) is 3.14. The number of pyridine rings is 1. The number of aryl methyl sites for hydroxylation is 1. The van der Waals surface area contributed by atoms with Crippen LogP contribution in [-0.2, 0) is 6.54 Å². The highest BCUT2D eigenvalue weighted by Gasteiger charge is 2.14. The standard InChI is InChI=1S/C15H15BrN2O2/c1-10-5-12(16)7-17-15(10)18(2)8-11-3-4-13-14(6-11)20-9-19-13/h3-7H,8-9H2,1-2H3. The summed E-state index contributed by atoms with van der Waals surface area (Å²) in [6, 6.07) is 8.09. The number of hydrogen-bond acceptors (Lipinski definition) is 4. The van der Waals surface area contributed by atoms with Crippen LogP contribution in [0.4, 0.5) is 5.82 Å². The Balaban J connectivity index is 1.80. The van der Waals surface area contributed by atoms with Gasteiger partial charge in [0, 0.05) is 24.3 Å². The Hall–Kier alpha value is -1.75. The fourth-order valence-electron chi connectivity index (χ4n) is 2.32. The van der Waals surface area contributed by atoms with Crippen LogP contribution in [0.25, 0.3) is 0 Å². The second kappa shape index (κ2) is 5.32. The Labute approximate surface area is 126 Å². The highest BCUT2D eigenvalue weighted by atomic mass is 79.9. The summed E-state index contributed by atoms with van der Waals surface area (Å²) in [6.07, 6.45) is 1.82. The number of ether oxygens (including phenoxy) is 2. The molecule has 4 nitrogen and oxygen atoms in total. The lowest BCUT2D eigenvalue weighted by Gasteiger charge is -2.20. The Morgan fingerprint density at radius 3 is 2.85 bits per heavy atom. The quantitative estimate of drug-likeness (QED) is 0.860. The van der Waals surface area contributed by atoms with Crippen molar-refractivity contribution in [3.05, 3.63) is 46.1 Å². The fourth-order valence-corrected chi connectivity index (χ4v) is 2.77. The van der Waals surface area contributed by atoms with E-state index in [1.165, 1.54) is 5.56 Å². The first kappa shape index (κ1) is 13.2. The minimum absolute atomic E-state index is 0.308. The van der Waals surface area contributed by atoms with Gasteiger partial charge >= 0.3 is 0 Å². The molecule has 0 bridgehead atoms. The van der Waals surface area contributed by atoms with Crippen LogP contribution in [0.5, 0.6) is 11.5 Å². The number of benzene rings is 1. The maximum absolute atomic E-state index is 5.40. The van der Waals surface area contributed by atoms with E-state index < -0.39 is 0 Å². The van der Waals surface area contributed by atoms with Crippen molar-refractivity contribution in [1.82, 2.24) is 4.98 Å². The van der Waals surface area contributed by atoms with Crippen molar-refractivity contribution < 1.29 is 9.47 Å². The van der Waals surface area contributed by atoms with Crippen LogP contribution in [0.3, 0.4) is 0 Å².